The molecule has 1 rings (SSSR count). The molecule has 1 aromatic rings. The van der Waals surface area contributed by atoms with E-state index in [9.17, 15) is 4.79 Å². The van der Waals surface area contributed by atoms with E-state index in [2.05, 4.69) is 18.8 Å². The lowest BCUT2D eigenvalue weighted by molar-refractivity contribution is 0.507. The van der Waals surface area contributed by atoms with E-state index < -0.39 is 0 Å². The lowest BCUT2D eigenvalue weighted by Crippen LogP contribution is -2.37. The first-order chi connectivity index (χ1) is 7.97. The zero-order valence-corrected chi connectivity index (χ0v) is 11.6. The average molecular weight is 258 g/mol. The maximum absolute atomic E-state index is 12.2. The fourth-order valence-electron chi connectivity index (χ4n) is 1.53. The molecule has 0 aromatic carbocycles. The molecule has 0 bridgehead atoms. The fraction of sp³-hybridized carbons (Fsp3) is 0.667. The lowest BCUT2D eigenvalue weighted by atomic mass is 10.2. The van der Waals surface area contributed by atoms with Crippen LogP contribution >= 0.6 is 11.6 Å². The number of rotatable bonds is 5. The Labute approximate surface area is 107 Å². The Balaban J connectivity index is 3.06. The van der Waals surface area contributed by atoms with E-state index in [1.807, 2.05) is 18.9 Å². The van der Waals surface area contributed by atoms with Crippen molar-refractivity contribution in [2.24, 2.45) is 5.92 Å². The van der Waals surface area contributed by atoms with Crippen molar-refractivity contribution >= 4 is 17.4 Å². The third-order valence-corrected chi connectivity index (χ3v) is 3.12. The molecule has 1 heterocycles. The molecule has 1 aromatic heterocycles. The molecule has 0 amide bonds. The molecule has 0 aliphatic heterocycles. The van der Waals surface area contributed by atoms with Crippen LogP contribution in [0.4, 0.5) is 5.82 Å². The number of nitrogens with zero attached hydrogens (tertiary/aromatic N) is 3. The Morgan fingerprint density at radius 2 is 2.12 bits per heavy atom. The van der Waals surface area contributed by atoms with E-state index in [-0.39, 0.29) is 11.6 Å². The summed E-state index contributed by atoms with van der Waals surface area (Å²) in [6, 6.07) is 0.0896. The predicted octanol–water partition coefficient (Wildman–Crippen LogP) is 1.96. The van der Waals surface area contributed by atoms with Crippen LogP contribution in [-0.2, 0) is 6.54 Å². The minimum absolute atomic E-state index is 0.0549. The van der Waals surface area contributed by atoms with Gasteiger partial charge in [-0.2, -0.15) is 0 Å². The van der Waals surface area contributed by atoms with Gasteiger partial charge < -0.3 is 9.47 Å². The topological polar surface area (TPSA) is 38.1 Å². The molecule has 5 heteroatoms. The van der Waals surface area contributed by atoms with Gasteiger partial charge in [0.25, 0.3) is 5.56 Å². The number of hydrogen-bond acceptors (Lipinski definition) is 3. The monoisotopic (exact) mass is 257 g/mol. The summed E-state index contributed by atoms with van der Waals surface area (Å²) in [5.74, 6) is 1.36. The summed E-state index contributed by atoms with van der Waals surface area (Å²) < 4.78 is 1.70. The Kier molecular flexibility index (Phi) is 5.00. The van der Waals surface area contributed by atoms with Gasteiger partial charge in [0.2, 0.25) is 0 Å². The van der Waals surface area contributed by atoms with Crippen LogP contribution in [0.5, 0.6) is 0 Å². The molecule has 0 fully saturated rings. The third-order valence-electron chi connectivity index (χ3n) is 2.68. The Hall–Kier alpha value is -1.03. The van der Waals surface area contributed by atoms with Gasteiger partial charge in [0.1, 0.15) is 0 Å². The molecular weight excluding hydrogens is 238 g/mol. The molecule has 0 spiro atoms. The van der Waals surface area contributed by atoms with Gasteiger partial charge in [-0.15, -0.1) is 11.6 Å². The second-order valence-corrected chi connectivity index (χ2v) is 5.03. The number of alkyl halides is 1. The first kappa shape index (κ1) is 14.0. The first-order valence-electron chi connectivity index (χ1n) is 5.81. The standard InChI is InChI=1S/C12H20ClN3O/c1-9(2)8-16-6-5-14-11(12(16)17)15(4)10(3)7-13/h5-6,9-10H,7-8H2,1-4H3. The van der Waals surface area contributed by atoms with Gasteiger partial charge in [-0.1, -0.05) is 13.8 Å². The van der Waals surface area contributed by atoms with Gasteiger partial charge in [0.05, 0.1) is 0 Å². The molecule has 96 valence electrons. The Morgan fingerprint density at radius 1 is 1.47 bits per heavy atom. The van der Waals surface area contributed by atoms with Gasteiger partial charge in [0.15, 0.2) is 5.82 Å². The summed E-state index contributed by atoms with van der Waals surface area (Å²) in [4.78, 5) is 18.2. The van der Waals surface area contributed by atoms with Crippen LogP contribution in [0.1, 0.15) is 20.8 Å². The Bertz CT molecular complexity index is 416. The minimum Gasteiger partial charge on any atom is -0.351 e. The molecule has 4 nitrogen and oxygen atoms in total. The molecule has 0 saturated heterocycles. The molecule has 0 N–H and O–H groups in total. The number of anilines is 1. The van der Waals surface area contributed by atoms with Crippen LogP contribution in [0.2, 0.25) is 0 Å². The van der Waals surface area contributed by atoms with Crippen LogP contribution in [0.3, 0.4) is 0 Å². The molecule has 0 aliphatic rings. The number of halogens is 1. The molecule has 0 radical (unpaired) electrons. The van der Waals surface area contributed by atoms with Crippen molar-refractivity contribution in [2.45, 2.75) is 33.4 Å². The smallest absolute Gasteiger partial charge is 0.293 e. The second-order valence-electron chi connectivity index (χ2n) is 4.72. The summed E-state index contributed by atoms with van der Waals surface area (Å²) in [6.45, 7) is 6.83. The maximum Gasteiger partial charge on any atom is 0.293 e. The highest BCUT2D eigenvalue weighted by Gasteiger charge is 2.15. The SMILES string of the molecule is CC(C)Cn1ccnc(N(C)C(C)CCl)c1=O. The van der Waals surface area contributed by atoms with E-state index in [0.29, 0.717) is 24.2 Å². The predicted molar refractivity (Wildman–Crippen MR) is 71.9 cm³/mol. The third kappa shape index (κ3) is 3.46. The largest absolute Gasteiger partial charge is 0.351 e. The average Bonchev–Trinajstić information content (AvgIpc) is 2.29. The Morgan fingerprint density at radius 3 is 2.65 bits per heavy atom. The van der Waals surface area contributed by atoms with Gasteiger partial charge >= 0.3 is 0 Å². The van der Waals surface area contributed by atoms with Crippen molar-refractivity contribution in [3.05, 3.63) is 22.7 Å². The van der Waals surface area contributed by atoms with Gasteiger partial charge in [0, 0.05) is 37.9 Å². The van der Waals surface area contributed by atoms with Crippen LogP contribution in [-0.4, -0.2) is 28.5 Å². The zero-order valence-electron chi connectivity index (χ0n) is 10.9. The number of hydrogen-bond donors (Lipinski definition) is 0. The molecule has 1 atom stereocenters. The van der Waals surface area contributed by atoms with Gasteiger partial charge in [-0.05, 0) is 12.8 Å². The van der Waals surface area contributed by atoms with Crippen molar-refractivity contribution in [1.29, 1.82) is 0 Å². The van der Waals surface area contributed by atoms with Gasteiger partial charge in [-0.3, -0.25) is 4.79 Å². The molecule has 0 aliphatic carbocycles. The van der Waals surface area contributed by atoms with E-state index in [1.54, 1.807) is 17.0 Å². The quantitative estimate of drug-likeness (QED) is 0.757. The van der Waals surface area contributed by atoms with E-state index in [4.69, 9.17) is 11.6 Å². The number of aromatic nitrogens is 2. The second kappa shape index (κ2) is 6.05. The van der Waals surface area contributed by atoms with Crippen molar-refractivity contribution in [2.75, 3.05) is 17.8 Å². The summed E-state index contributed by atoms with van der Waals surface area (Å²) in [5, 5.41) is 0. The molecule has 0 saturated carbocycles. The normalized spacial score (nSPS) is 12.8. The van der Waals surface area contributed by atoms with Crippen molar-refractivity contribution < 1.29 is 0 Å². The molecular formula is C12H20ClN3O. The summed E-state index contributed by atoms with van der Waals surface area (Å²) >= 11 is 5.79. The van der Waals surface area contributed by atoms with Crippen LogP contribution in [0, 0.1) is 5.92 Å². The van der Waals surface area contributed by atoms with E-state index >= 15 is 0 Å². The van der Waals surface area contributed by atoms with Crippen LogP contribution in [0.15, 0.2) is 17.2 Å². The summed E-state index contributed by atoms with van der Waals surface area (Å²) in [7, 11) is 1.84. The maximum atomic E-state index is 12.2. The molecule has 1 unspecified atom stereocenters. The highest BCUT2D eigenvalue weighted by molar-refractivity contribution is 6.18. The van der Waals surface area contributed by atoms with Crippen molar-refractivity contribution in [1.82, 2.24) is 9.55 Å². The van der Waals surface area contributed by atoms with Crippen molar-refractivity contribution in [3.8, 4) is 0 Å². The summed E-state index contributed by atoms with van der Waals surface area (Å²) in [5.41, 5.74) is -0.0549. The van der Waals surface area contributed by atoms with Crippen LogP contribution < -0.4 is 10.5 Å². The highest BCUT2D eigenvalue weighted by atomic mass is 35.5. The highest BCUT2D eigenvalue weighted by Crippen LogP contribution is 2.07. The van der Waals surface area contributed by atoms with Crippen LogP contribution in [0.25, 0.3) is 0 Å². The van der Waals surface area contributed by atoms with E-state index in [0.717, 1.165) is 0 Å². The van der Waals surface area contributed by atoms with Crippen molar-refractivity contribution in [3.63, 3.8) is 0 Å². The minimum atomic E-state index is -0.0549. The fourth-order valence-corrected chi connectivity index (χ4v) is 1.73. The van der Waals surface area contributed by atoms with E-state index in [1.165, 1.54) is 0 Å². The zero-order chi connectivity index (χ0) is 13.0. The summed E-state index contributed by atoms with van der Waals surface area (Å²) in [6.07, 6.45) is 3.39. The molecule has 17 heavy (non-hydrogen) atoms. The first-order valence-corrected chi connectivity index (χ1v) is 6.35. The van der Waals surface area contributed by atoms with Gasteiger partial charge in [-0.25, -0.2) is 4.98 Å². The lowest BCUT2D eigenvalue weighted by Gasteiger charge is -2.24.